The molecule has 1 atom stereocenters. The van der Waals surface area contributed by atoms with Crippen molar-refractivity contribution >= 4 is 17.2 Å². The molecule has 0 spiro atoms. The molecule has 2 aromatic carbocycles. The Balaban J connectivity index is 1.42. The quantitative estimate of drug-likeness (QED) is 0.683. The zero-order valence-electron chi connectivity index (χ0n) is 15.7. The first kappa shape index (κ1) is 18.9. The fourth-order valence-electron chi connectivity index (χ4n) is 3.55. The van der Waals surface area contributed by atoms with Crippen molar-refractivity contribution < 1.29 is 9.53 Å². The lowest BCUT2D eigenvalue weighted by molar-refractivity contribution is 0.0163. The van der Waals surface area contributed by atoms with Crippen LogP contribution >= 0.6 is 11.3 Å². The molecule has 4 rings (SSSR count). The van der Waals surface area contributed by atoms with E-state index < -0.39 is 0 Å². The highest BCUT2D eigenvalue weighted by Gasteiger charge is 2.23. The standard InChI is InChI=1S/C23H24N2O2S/c26-23(20-8-6-19(7-9-20)18-4-2-1-3-5-18)24-16-22(21-10-15-28-17-21)25-11-13-27-14-12-25/h1-10,15,17,22H,11-14,16H2,(H,24,26)/t22-/m0/s1. The highest BCUT2D eigenvalue weighted by molar-refractivity contribution is 7.07. The second-order valence-corrected chi connectivity index (χ2v) is 7.65. The van der Waals surface area contributed by atoms with Crippen LogP contribution in [0.5, 0.6) is 0 Å². The molecule has 1 aliphatic rings. The van der Waals surface area contributed by atoms with Crippen LogP contribution in [0.25, 0.3) is 11.1 Å². The van der Waals surface area contributed by atoms with Gasteiger partial charge in [-0.3, -0.25) is 9.69 Å². The zero-order valence-corrected chi connectivity index (χ0v) is 16.5. The first-order valence-electron chi connectivity index (χ1n) is 9.59. The highest BCUT2D eigenvalue weighted by Crippen LogP contribution is 2.24. The van der Waals surface area contributed by atoms with Crippen LogP contribution in [0.2, 0.25) is 0 Å². The van der Waals surface area contributed by atoms with Crippen molar-refractivity contribution in [1.29, 1.82) is 0 Å². The molecule has 5 heteroatoms. The summed E-state index contributed by atoms with van der Waals surface area (Å²) in [6.45, 7) is 3.87. The summed E-state index contributed by atoms with van der Waals surface area (Å²) in [5.74, 6) is -0.0342. The number of hydrogen-bond acceptors (Lipinski definition) is 4. The molecule has 1 fully saturated rings. The summed E-state index contributed by atoms with van der Waals surface area (Å²) in [4.78, 5) is 15.1. The van der Waals surface area contributed by atoms with E-state index in [2.05, 4.69) is 39.2 Å². The number of rotatable bonds is 6. The van der Waals surface area contributed by atoms with E-state index in [0.29, 0.717) is 12.1 Å². The summed E-state index contributed by atoms with van der Waals surface area (Å²) in [7, 11) is 0. The molecule has 1 saturated heterocycles. The minimum atomic E-state index is -0.0342. The van der Waals surface area contributed by atoms with Crippen molar-refractivity contribution in [3.63, 3.8) is 0 Å². The van der Waals surface area contributed by atoms with Gasteiger partial charge in [0.15, 0.2) is 0 Å². The number of morpholine rings is 1. The predicted molar refractivity (Wildman–Crippen MR) is 114 cm³/mol. The third kappa shape index (κ3) is 4.50. The van der Waals surface area contributed by atoms with Gasteiger partial charge in [0.25, 0.3) is 5.91 Å². The van der Waals surface area contributed by atoms with Crippen LogP contribution in [0, 0.1) is 0 Å². The van der Waals surface area contributed by atoms with E-state index in [9.17, 15) is 4.79 Å². The number of carbonyl (C=O) groups excluding carboxylic acids is 1. The summed E-state index contributed by atoms with van der Waals surface area (Å²) < 4.78 is 5.48. The maximum absolute atomic E-state index is 12.7. The minimum Gasteiger partial charge on any atom is -0.379 e. The third-order valence-corrected chi connectivity index (χ3v) is 5.83. The topological polar surface area (TPSA) is 41.6 Å². The normalized spacial score (nSPS) is 15.9. The SMILES string of the molecule is O=C(NC[C@@H](c1ccsc1)N1CCOCC1)c1ccc(-c2ccccc2)cc1. The lowest BCUT2D eigenvalue weighted by Crippen LogP contribution is -2.43. The van der Waals surface area contributed by atoms with Crippen molar-refractivity contribution in [3.8, 4) is 11.1 Å². The van der Waals surface area contributed by atoms with E-state index in [0.717, 1.165) is 37.4 Å². The second kappa shape index (κ2) is 9.15. The molecule has 0 aliphatic carbocycles. The smallest absolute Gasteiger partial charge is 0.251 e. The van der Waals surface area contributed by atoms with E-state index in [1.54, 1.807) is 11.3 Å². The molecular formula is C23H24N2O2S. The van der Waals surface area contributed by atoms with Gasteiger partial charge in [-0.15, -0.1) is 0 Å². The minimum absolute atomic E-state index is 0.0342. The average Bonchev–Trinajstić information content (AvgIpc) is 3.30. The van der Waals surface area contributed by atoms with Crippen LogP contribution in [0.3, 0.4) is 0 Å². The molecule has 1 aliphatic heterocycles. The fourth-order valence-corrected chi connectivity index (χ4v) is 4.25. The number of carbonyl (C=O) groups is 1. The molecule has 28 heavy (non-hydrogen) atoms. The van der Waals surface area contributed by atoms with Gasteiger partial charge in [-0.2, -0.15) is 11.3 Å². The van der Waals surface area contributed by atoms with Crippen molar-refractivity contribution in [2.45, 2.75) is 6.04 Å². The van der Waals surface area contributed by atoms with Gasteiger partial charge in [0.2, 0.25) is 0 Å². The summed E-state index contributed by atoms with van der Waals surface area (Å²) in [5, 5.41) is 7.38. The monoisotopic (exact) mass is 392 g/mol. The van der Waals surface area contributed by atoms with Crippen LogP contribution in [-0.2, 0) is 4.74 Å². The Hall–Kier alpha value is -2.47. The largest absolute Gasteiger partial charge is 0.379 e. The van der Waals surface area contributed by atoms with Gasteiger partial charge in [-0.25, -0.2) is 0 Å². The molecule has 1 amide bonds. The van der Waals surface area contributed by atoms with Crippen molar-refractivity contribution in [3.05, 3.63) is 82.6 Å². The van der Waals surface area contributed by atoms with Gasteiger partial charge in [0, 0.05) is 25.2 Å². The fraction of sp³-hybridized carbons (Fsp3) is 0.261. The molecular weight excluding hydrogens is 368 g/mol. The lowest BCUT2D eigenvalue weighted by atomic mass is 10.0. The van der Waals surface area contributed by atoms with E-state index in [4.69, 9.17) is 4.74 Å². The molecule has 144 valence electrons. The number of amides is 1. The molecule has 1 N–H and O–H groups in total. The van der Waals surface area contributed by atoms with Crippen molar-refractivity contribution in [2.24, 2.45) is 0 Å². The number of hydrogen-bond donors (Lipinski definition) is 1. The Morgan fingerprint density at radius 1 is 1.00 bits per heavy atom. The third-order valence-electron chi connectivity index (χ3n) is 5.12. The van der Waals surface area contributed by atoms with E-state index in [-0.39, 0.29) is 11.9 Å². The average molecular weight is 393 g/mol. The van der Waals surface area contributed by atoms with Gasteiger partial charge in [0.05, 0.1) is 19.3 Å². The Bertz CT molecular complexity index is 873. The molecule has 0 unspecified atom stereocenters. The van der Waals surface area contributed by atoms with Crippen LogP contribution in [0.4, 0.5) is 0 Å². The summed E-state index contributed by atoms with van der Waals surface area (Å²) in [5.41, 5.74) is 4.21. The van der Waals surface area contributed by atoms with Gasteiger partial charge >= 0.3 is 0 Å². The summed E-state index contributed by atoms with van der Waals surface area (Å²) in [6, 6.07) is 20.3. The molecule has 2 heterocycles. The van der Waals surface area contributed by atoms with Crippen LogP contribution < -0.4 is 5.32 Å². The number of ether oxygens (including phenoxy) is 1. The van der Waals surface area contributed by atoms with Gasteiger partial charge in [0.1, 0.15) is 0 Å². The first-order valence-corrected chi connectivity index (χ1v) is 10.5. The molecule has 4 nitrogen and oxygen atoms in total. The molecule has 3 aromatic rings. The van der Waals surface area contributed by atoms with E-state index >= 15 is 0 Å². The Kier molecular flexibility index (Phi) is 6.17. The van der Waals surface area contributed by atoms with Crippen LogP contribution in [0.1, 0.15) is 22.0 Å². The lowest BCUT2D eigenvalue weighted by Gasteiger charge is -2.34. The number of nitrogens with zero attached hydrogens (tertiary/aromatic N) is 1. The molecule has 0 bridgehead atoms. The maximum atomic E-state index is 12.7. The zero-order chi connectivity index (χ0) is 19.2. The van der Waals surface area contributed by atoms with E-state index in [1.165, 1.54) is 5.56 Å². The van der Waals surface area contributed by atoms with Crippen molar-refractivity contribution in [2.75, 3.05) is 32.8 Å². The van der Waals surface area contributed by atoms with Gasteiger partial charge in [-0.05, 0) is 45.6 Å². The van der Waals surface area contributed by atoms with Crippen molar-refractivity contribution in [1.82, 2.24) is 10.2 Å². The predicted octanol–water partition coefficient (Wildman–Crippen LogP) is 4.22. The summed E-state index contributed by atoms with van der Waals surface area (Å²) in [6.07, 6.45) is 0. The number of nitrogens with one attached hydrogen (secondary N) is 1. The molecule has 1 aromatic heterocycles. The maximum Gasteiger partial charge on any atom is 0.251 e. The Morgan fingerprint density at radius 2 is 1.71 bits per heavy atom. The summed E-state index contributed by atoms with van der Waals surface area (Å²) >= 11 is 1.69. The second-order valence-electron chi connectivity index (χ2n) is 6.87. The number of benzene rings is 2. The molecule has 0 radical (unpaired) electrons. The Morgan fingerprint density at radius 3 is 2.39 bits per heavy atom. The van der Waals surface area contributed by atoms with Gasteiger partial charge < -0.3 is 10.1 Å². The number of thiophene rings is 1. The molecule has 0 saturated carbocycles. The Labute approximate surface area is 169 Å². The first-order chi connectivity index (χ1) is 13.8. The van der Waals surface area contributed by atoms with Gasteiger partial charge in [-0.1, -0.05) is 42.5 Å². The highest BCUT2D eigenvalue weighted by atomic mass is 32.1. The van der Waals surface area contributed by atoms with Crippen LogP contribution in [-0.4, -0.2) is 43.7 Å². The van der Waals surface area contributed by atoms with Crippen LogP contribution in [0.15, 0.2) is 71.4 Å². The van der Waals surface area contributed by atoms with E-state index in [1.807, 2.05) is 42.5 Å².